The summed E-state index contributed by atoms with van der Waals surface area (Å²) in [5.74, 6) is -3.57. The summed E-state index contributed by atoms with van der Waals surface area (Å²) >= 11 is 0. The van der Waals surface area contributed by atoms with Crippen molar-refractivity contribution in [3.8, 4) is 0 Å². The number of nitrogens with one attached hydrogen (secondary N) is 2. The molecule has 2 amide bonds. The van der Waals surface area contributed by atoms with Gasteiger partial charge >= 0.3 is 6.18 Å². The number of fused-ring (bicyclic) bond motifs is 1. The van der Waals surface area contributed by atoms with Gasteiger partial charge < -0.3 is 10.6 Å². The van der Waals surface area contributed by atoms with E-state index in [1.807, 2.05) is 0 Å². The summed E-state index contributed by atoms with van der Waals surface area (Å²) in [6.07, 6.45) is 0.390. The zero-order valence-electron chi connectivity index (χ0n) is 20.2. The van der Waals surface area contributed by atoms with E-state index in [2.05, 4.69) is 20.7 Å². The number of carbonyl (C=O) groups excluding carboxylic acids is 2. The van der Waals surface area contributed by atoms with Crippen molar-refractivity contribution >= 4 is 17.5 Å². The van der Waals surface area contributed by atoms with E-state index in [0.29, 0.717) is 16.9 Å². The molecule has 12 heteroatoms. The lowest BCUT2D eigenvalue weighted by molar-refractivity contribution is -0.144. The van der Waals surface area contributed by atoms with Crippen molar-refractivity contribution in [2.24, 2.45) is 17.8 Å². The number of alkyl halides is 5. The average Bonchev–Trinajstić information content (AvgIpc) is 3.75. The third-order valence-electron chi connectivity index (χ3n) is 7.56. The van der Waals surface area contributed by atoms with E-state index in [1.165, 1.54) is 4.52 Å². The van der Waals surface area contributed by atoms with Gasteiger partial charge in [-0.25, -0.2) is 18.3 Å². The second-order valence-electron chi connectivity index (χ2n) is 10.7. The molecular formula is C25H30F5N5O2. The molecule has 0 aliphatic heterocycles. The van der Waals surface area contributed by atoms with Crippen LogP contribution < -0.4 is 10.6 Å². The molecule has 5 rings (SSSR count). The summed E-state index contributed by atoms with van der Waals surface area (Å²) in [5, 5.41) is 10.2. The SMILES string of the molecule is O=C(CCC(F)(F)F)NC(c1cnn2cc([C@@H](NC(=O)C3CC3)C3CCC(F)(F)CC3)nc2c1)C1CC1. The minimum Gasteiger partial charge on any atom is -0.349 e. The Bertz CT molecular complexity index is 1150. The zero-order chi connectivity index (χ0) is 26.4. The fourth-order valence-corrected chi connectivity index (χ4v) is 5.08. The fourth-order valence-electron chi connectivity index (χ4n) is 5.08. The summed E-state index contributed by atoms with van der Waals surface area (Å²) in [5.41, 5.74) is 1.63. The summed E-state index contributed by atoms with van der Waals surface area (Å²) in [4.78, 5) is 29.5. The number of rotatable bonds is 9. The second-order valence-corrected chi connectivity index (χ2v) is 10.7. The van der Waals surface area contributed by atoms with Gasteiger partial charge in [0.1, 0.15) is 0 Å². The number of hydrogen-bond donors (Lipinski definition) is 2. The Morgan fingerprint density at radius 3 is 2.32 bits per heavy atom. The first-order chi connectivity index (χ1) is 17.5. The molecule has 0 saturated heterocycles. The van der Waals surface area contributed by atoms with Crippen LogP contribution in [0.3, 0.4) is 0 Å². The van der Waals surface area contributed by atoms with Crippen molar-refractivity contribution in [3.63, 3.8) is 0 Å². The van der Waals surface area contributed by atoms with Crippen LogP contribution >= 0.6 is 0 Å². The molecule has 2 atom stereocenters. The van der Waals surface area contributed by atoms with Gasteiger partial charge in [0.05, 0.1) is 36.6 Å². The molecule has 2 N–H and O–H groups in total. The van der Waals surface area contributed by atoms with E-state index >= 15 is 0 Å². The first-order valence-corrected chi connectivity index (χ1v) is 12.9. The second kappa shape index (κ2) is 9.83. The lowest BCUT2D eigenvalue weighted by Crippen LogP contribution is -2.38. The Hall–Kier alpha value is -2.79. The van der Waals surface area contributed by atoms with Gasteiger partial charge in [-0.2, -0.15) is 18.3 Å². The fraction of sp³-hybridized carbons (Fsp3) is 0.680. The molecule has 1 unspecified atom stereocenters. The average molecular weight is 528 g/mol. The molecule has 202 valence electrons. The number of imidazole rings is 1. The Morgan fingerprint density at radius 1 is 1.03 bits per heavy atom. The Morgan fingerprint density at radius 2 is 1.70 bits per heavy atom. The third kappa shape index (κ3) is 6.56. The lowest BCUT2D eigenvalue weighted by atomic mass is 9.81. The van der Waals surface area contributed by atoms with Gasteiger partial charge in [0.2, 0.25) is 17.7 Å². The van der Waals surface area contributed by atoms with Crippen LogP contribution in [-0.4, -0.2) is 38.5 Å². The van der Waals surface area contributed by atoms with Crippen molar-refractivity contribution in [3.05, 3.63) is 29.7 Å². The van der Waals surface area contributed by atoms with Crippen molar-refractivity contribution in [1.29, 1.82) is 0 Å². The molecule has 0 radical (unpaired) electrons. The smallest absolute Gasteiger partial charge is 0.349 e. The highest BCUT2D eigenvalue weighted by Gasteiger charge is 2.41. The predicted octanol–water partition coefficient (Wildman–Crippen LogP) is 5.03. The minimum absolute atomic E-state index is 0.0467. The standard InChI is InChI=1S/C25H30F5N5O2/c26-24(27)8-5-15(6-9-24)22(34-23(37)16-3-4-16)18-13-35-19(32-18)11-17(12-31-35)21(14-1-2-14)33-20(36)7-10-25(28,29)30/h11-16,21-22H,1-10H2,(H,33,36)(H,34,37)/t21?,22-/m0/s1. The van der Waals surface area contributed by atoms with E-state index in [4.69, 9.17) is 0 Å². The molecule has 3 saturated carbocycles. The van der Waals surface area contributed by atoms with Gasteiger partial charge in [0, 0.05) is 25.2 Å². The van der Waals surface area contributed by atoms with E-state index < -0.39 is 42.9 Å². The Kier molecular flexibility index (Phi) is 6.86. The highest BCUT2D eigenvalue weighted by molar-refractivity contribution is 5.81. The topological polar surface area (TPSA) is 88.4 Å². The molecule has 3 fully saturated rings. The minimum atomic E-state index is -4.40. The molecule has 3 aliphatic rings. The summed E-state index contributed by atoms with van der Waals surface area (Å²) < 4.78 is 66.7. The quantitative estimate of drug-likeness (QED) is 0.448. The van der Waals surface area contributed by atoms with Crippen molar-refractivity contribution in [1.82, 2.24) is 25.2 Å². The number of carbonyl (C=O) groups is 2. The van der Waals surface area contributed by atoms with E-state index in [0.717, 1.165) is 25.7 Å². The van der Waals surface area contributed by atoms with E-state index in [-0.39, 0.29) is 49.3 Å². The van der Waals surface area contributed by atoms with Gasteiger partial charge in [0.15, 0.2) is 5.65 Å². The maximum atomic E-state index is 13.8. The Balaban J connectivity index is 1.36. The zero-order valence-corrected chi connectivity index (χ0v) is 20.2. The lowest BCUT2D eigenvalue weighted by Gasteiger charge is -2.33. The number of halogens is 5. The molecule has 7 nitrogen and oxygen atoms in total. The summed E-state index contributed by atoms with van der Waals surface area (Å²) in [7, 11) is 0. The van der Waals surface area contributed by atoms with Crippen LogP contribution in [0, 0.1) is 17.8 Å². The van der Waals surface area contributed by atoms with Crippen LogP contribution in [0.15, 0.2) is 18.5 Å². The maximum absolute atomic E-state index is 13.8. The molecule has 0 spiro atoms. The summed E-state index contributed by atoms with van der Waals surface area (Å²) in [6.45, 7) is 0. The van der Waals surface area contributed by atoms with Gasteiger partial charge in [-0.1, -0.05) is 0 Å². The van der Waals surface area contributed by atoms with E-state index in [9.17, 15) is 31.5 Å². The molecule has 0 bridgehead atoms. The van der Waals surface area contributed by atoms with Crippen molar-refractivity contribution < 1.29 is 31.5 Å². The molecule has 3 aliphatic carbocycles. The molecular weight excluding hydrogens is 497 g/mol. The normalized spacial score (nSPS) is 22.0. The number of hydrogen-bond acceptors (Lipinski definition) is 4. The van der Waals surface area contributed by atoms with Crippen LogP contribution in [0.25, 0.3) is 5.65 Å². The highest BCUT2D eigenvalue weighted by Crippen LogP contribution is 2.43. The molecule has 2 aromatic heterocycles. The molecule has 2 aromatic rings. The number of aromatic nitrogens is 3. The summed E-state index contributed by atoms with van der Waals surface area (Å²) in [6, 6.07) is 0.748. The van der Waals surface area contributed by atoms with Crippen LogP contribution in [-0.2, 0) is 9.59 Å². The van der Waals surface area contributed by atoms with Gasteiger partial charge in [-0.05, 0) is 62.0 Å². The largest absolute Gasteiger partial charge is 0.389 e. The molecule has 2 heterocycles. The van der Waals surface area contributed by atoms with Gasteiger partial charge in [-0.3, -0.25) is 9.59 Å². The predicted molar refractivity (Wildman–Crippen MR) is 122 cm³/mol. The van der Waals surface area contributed by atoms with Crippen LogP contribution in [0.5, 0.6) is 0 Å². The van der Waals surface area contributed by atoms with Crippen LogP contribution in [0.2, 0.25) is 0 Å². The van der Waals surface area contributed by atoms with E-state index in [1.54, 1.807) is 18.5 Å². The van der Waals surface area contributed by atoms with Gasteiger partial charge in [0.25, 0.3) is 0 Å². The highest BCUT2D eigenvalue weighted by atomic mass is 19.4. The Labute approximate surface area is 210 Å². The monoisotopic (exact) mass is 527 g/mol. The first kappa shape index (κ1) is 25.8. The van der Waals surface area contributed by atoms with Crippen molar-refractivity contribution in [2.45, 2.75) is 88.4 Å². The molecule has 0 aromatic carbocycles. The van der Waals surface area contributed by atoms with Crippen molar-refractivity contribution in [2.75, 3.05) is 0 Å². The number of nitrogens with zero attached hydrogens (tertiary/aromatic N) is 3. The number of amides is 2. The van der Waals surface area contributed by atoms with Crippen LogP contribution in [0.1, 0.15) is 87.5 Å². The first-order valence-electron chi connectivity index (χ1n) is 12.9. The maximum Gasteiger partial charge on any atom is 0.389 e. The van der Waals surface area contributed by atoms with Crippen LogP contribution in [0.4, 0.5) is 22.0 Å². The molecule has 37 heavy (non-hydrogen) atoms. The van der Waals surface area contributed by atoms with Gasteiger partial charge in [-0.15, -0.1) is 0 Å². The third-order valence-corrected chi connectivity index (χ3v) is 7.56.